The van der Waals surface area contributed by atoms with Crippen LogP contribution in [0.5, 0.6) is 0 Å². The van der Waals surface area contributed by atoms with Gasteiger partial charge in [0.05, 0.1) is 25.3 Å². The van der Waals surface area contributed by atoms with E-state index in [0.29, 0.717) is 29.2 Å². The minimum Gasteiger partial charge on any atom is -0.424 e. The molecule has 2 aromatic heterocycles. The standard InChI is InChI=1S/C22H26FN9O3/c1-14(33)26-12-22(24)13-31(21(34)35-22)16-5-6-17(18(23)10-16)15-4-7-19(25-11-15)20-27-29-32(28-20)9-8-30(2)3/h4-7,10-11H,8-9,12-13,24H2,1-3H3,(H,26,33)/t22-/m0/s1. The molecular weight excluding hydrogens is 457 g/mol. The van der Waals surface area contributed by atoms with E-state index < -0.39 is 17.6 Å². The lowest BCUT2D eigenvalue weighted by molar-refractivity contribution is -0.119. The number of nitrogens with zero attached hydrogens (tertiary/aromatic N) is 7. The number of ether oxygens (including phenoxy) is 1. The zero-order chi connectivity index (χ0) is 25.2. The molecule has 0 radical (unpaired) electrons. The molecule has 3 N–H and O–H groups in total. The van der Waals surface area contributed by atoms with E-state index in [1.165, 1.54) is 28.9 Å². The van der Waals surface area contributed by atoms with Gasteiger partial charge in [0.15, 0.2) is 5.72 Å². The summed E-state index contributed by atoms with van der Waals surface area (Å²) in [6.45, 7) is 2.61. The Balaban J connectivity index is 1.47. The Morgan fingerprint density at radius 3 is 2.77 bits per heavy atom. The highest BCUT2D eigenvalue weighted by molar-refractivity contribution is 5.90. The fraction of sp³-hybridized carbons (Fsp3) is 0.364. The van der Waals surface area contributed by atoms with E-state index >= 15 is 4.39 Å². The number of nitrogens with one attached hydrogen (secondary N) is 1. The van der Waals surface area contributed by atoms with E-state index in [-0.39, 0.29) is 24.7 Å². The van der Waals surface area contributed by atoms with Gasteiger partial charge in [0, 0.05) is 30.8 Å². The topological polar surface area (TPSA) is 144 Å². The number of halogens is 1. The van der Waals surface area contributed by atoms with Crippen molar-refractivity contribution in [1.29, 1.82) is 0 Å². The molecule has 3 heterocycles. The second-order valence-electron chi connectivity index (χ2n) is 8.54. The quantitative estimate of drug-likeness (QED) is 0.476. The Labute approximate surface area is 200 Å². The van der Waals surface area contributed by atoms with Gasteiger partial charge in [-0.25, -0.2) is 9.18 Å². The Morgan fingerprint density at radius 1 is 1.31 bits per heavy atom. The van der Waals surface area contributed by atoms with Crippen molar-refractivity contribution in [3.05, 3.63) is 42.3 Å². The Morgan fingerprint density at radius 2 is 2.11 bits per heavy atom. The van der Waals surface area contributed by atoms with Gasteiger partial charge in [0.1, 0.15) is 11.5 Å². The number of aromatic nitrogens is 5. The van der Waals surface area contributed by atoms with Crippen molar-refractivity contribution < 1.29 is 18.7 Å². The number of amides is 2. The molecule has 0 aliphatic carbocycles. The number of tetrazole rings is 1. The van der Waals surface area contributed by atoms with Crippen LogP contribution in [0.25, 0.3) is 22.6 Å². The monoisotopic (exact) mass is 483 g/mol. The number of benzene rings is 1. The highest BCUT2D eigenvalue weighted by Gasteiger charge is 2.43. The van der Waals surface area contributed by atoms with Crippen LogP contribution in [0.2, 0.25) is 0 Å². The molecule has 184 valence electrons. The summed E-state index contributed by atoms with van der Waals surface area (Å²) in [7, 11) is 3.92. The van der Waals surface area contributed by atoms with Crippen molar-refractivity contribution in [2.75, 3.05) is 38.6 Å². The number of nitrogens with two attached hydrogens (primary N) is 1. The number of anilines is 1. The summed E-state index contributed by atoms with van der Waals surface area (Å²) in [5.74, 6) is -0.471. The van der Waals surface area contributed by atoms with Crippen LogP contribution in [-0.2, 0) is 16.1 Å². The van der Waals surface area contributed by atoms with E-state index in [1.54, 1.807) is 24.3 Å². The summed E-state index contributed by atoms with van der Waals surface area (Å²) in [5, 5.41) is 14.9. The van der Waals surface area contributed by atoms with Crippen molar-refractivity contribution in [2.24, 2.45) is 5.73 Å². The molecule has 0 spiro atoms. The van der Waals surface area contributed by atoms with Gasteiger partial charge in [-0.15, -0.1) is 10.2 Å². The maximum Gasteiger partial charge on any atom is 0.416 e. The Kier molecular flexibility index (Phi) is 6.71. The van der Waals surface area contributed by atoms with Crippen LogP contribution >= 0.6 is 0 Å². The van der Waals surface area contributed by atoms with Gasteiger partial charge < -0.3 is 15.0 Å². The van der Waals surface area contributed by atoms with Crippen molar-refractivity contribution in [2.45, 2.75) is 19.2 Å². The molecule has 1 atom stereocenters. The first-order valence-corrected chi connectivity index (χ1v) is 10.9. The lowest BCUT2D eigenvalue weighted by atomic mass is 10.1. The number of hydrogen-bond acceptors (Lipinski definition) is 9. The predicted octanol–water partition coefficient (Wildman–Crippen LogP) is 0.851. The van der Waals surface area contributed by atoms with Gasteiger partial charge >= 0.3 is 6.09 Å². The highest BCUT2D eigenvalue weighted by Crippen LogP contribution is 2.30. The van der Waals surface area contributed by atoms with Crippen molar-refractivity contribution in [1.82, 2.24) is 35.4 Å². The number of likely N-dealkylation sites (N-methyl/N-ethyl adjacent to an activating group) is 1. The highest BCUT2D eigenvalue weighted by atomic mass is 19.1. The van der Waals surface area contributed by atoms with E-state index in [2.05, 4.69) is 25.7 Å². The first-order valence-electron chi connectivity index (χ1n) is 10.9. The van der Waals surface area contributed by atoms with Gasteiger partial charge in [-0.1, -0.05) is 6.07 Å². The molecule has 4 rings (SSSR count). The summed E-state index contributed by atoms with van der Waals surface area (Å²) in [6, 6.07) is 7.78. The van der Waals surface area contributed by atoms with Crippen molar-refractivity contribution in [3.63, 3.8) is 0 Å². The lowest BCUT2D eigenvalue weighted by Crippen LogP contribution is -2.53. The third-order valence-electron chi connectivity index (χ3n) is 5.34. The van der Waals surface area contributed by atoms with Crippen molar-refractivity contribution in [3.8, 4) is 22.6 Å². The fourth-order valence-corrected chi connectivity index (χ4v) is 3.48. The number of cyclic esters (lactones) is 1. The molecule has 0 saturated carbocycles. The Hall–Kier alpha value is -3.97. The third kappa shape index (κ3) is 5.58. The second kappa shape index (κ2) is 9.72. The molecule has 0 bridgehead atoms. The van der Waals surface area contributed by atoms with Gasteiger partial charge in [-0.3, -0.25) is 20.4 Å². The SMILES string of the molecule is CC(=O)NC[C@@]1(N)CN(c2ccc(-c3ccc(-c4nnn(CCN(C)C)n4)nc3)c(F)c2)C(=O)O1. The largest absolute Gasteiger partial charge is 0.424 e. The van der Waals surface area contributed by atoms with Gasteiger partial charge in [-0.05, 0) is 43.6 Å². The smallest absolute Gasteiger partial charge is 0.416 e. The van der Waals surface area contributed by atoms with Crippen LogP contribution in [-0.4, -0.2) is 81.5 Å². The van der Waals surface area contributed by atoms with Crippen LogP contribution in [0.1, 0.15) is 6.92 Å². The van der Waals surface area contributed by atoms with Crippen LogP contribution in [0.3, 0.4) is 0 Å². The average molecular weight is 484 g/mol. The maximum absolute atomic E-state index is 15.0. The minimum atomic E-state index is -1.40. The molecular formula is C22H26FN9O3. The molecule has 1 aromatic carbocycles. The van der Waals surface area contributed by atoms with Gasteiger partial charge in [0.25, 0.3) is 0 Å². The second-order valence-corrected chi connectivity index (χ2v) is 8.54. The van der Waals surface area contributed by atoms with Gasteiger partial charge in [0.2, 0.25) is 11.7 Å². The first-order chi connectivity index (χ1) is 16.6. The molecule has 1 aliphatic heterocycles. The predicted molar refractivity (Wildman–Crippen MR) is 124 cm³/mol. The summed E-state index contributed by atoms with van der Waals surface area (Å²) >= 11 is 0. The van der Waals surface area contributed by atoms with E-state index in [9.17, 15) is 9.59 Å². The molecule has 1 saturated heterocycles. The summed E-state index contributed by atoms with van der Waals surface area (Å²) in [5.41, 5.74) is 6.30. The zero-order valence-electron chi connectivity index (χ0n) is 19.6. The number of hydrogen-bond donors (Lipinski definition) is 2. The first kappa shape index (κ1) is 24.2. The zero-order valence-corrected chi connectivity index (χ0v) is 19.6. The van der Waals surface area contributed by atoms with Crippen LogP contribution in [0.15, 0.2) is 36.5 Å². The summed E-state index contributed by atoms with van der Waals surface area (Å²) in [4.78, 5) is 32.5. The molecule has 3 aromatic rings. The maximum atomic E-state index is 15.0. The van der Waals surface area contributed by atoms with Crippen LogP contribution in [0.4, 0.5) is 14.9 Å². The molecule has 0 unspecified atom stereocenters. The fourth-order valence-electron chi connectivity index (χ4n) is 3.48. The molecule has 1 aliphatic rings. The molecule has 1 fully saturated rings. The molecule has 12 nitrogen and oxygen atoms in total. The molecule has 13 heteroatoms. The van der Waals surface area contributed by atoms with Crippen LogP contribution in [0, 0.1) is 5.82 Å². The van der Waals surface area contributed by atoms with E-state index in [1.807, 2.05) is 19.0 Å². The number of rotatable bonds is 8. The average Bonchev–Trinajstić information content (AvgIpc) is 3.41. The molecule has 2 amide bonds. The Bertz CT molecular complexity index is 1230. The van der Waals surface area contributed by atoms with Crippen molar-refractivity contribution >= 4 is 17.7 Å². The third-order valence-corrected chi connectivity index (χ3v) is 5.34. The lowest BCUT2D eigenvalue weighted by Gasteiger charge is -2.21. The van der Waals surface area contributed by atoms with Gasteiger partial charge in [-0.2, -0.15) is 4.80 Å². The normalized spacial score (nSPS) is 17.7. The number of carbonyl (C=O) groups excluding carboxylic acids is 2. The minimum absolute atomic E-state index is 0.0383. The number of carbonyl (C=O) groups is 2. The summed E-state index contributed by atoms with van der Waals surface area (Å²) < 4.78 is 20.2. The van der Waals surface area contributed by atoms with E-state index in [0.717, 1.165) is 6.54 Å². The number of pyridine rings is 1. The van der Waals surface area contributed by atoms with Crippen LogP contribution < -0.4 is 16.0 Å². The summed E-state index contributed by atoms with van der Waals surface area (Å²) in [6.07, 6.45) is 0.804. The molecule has 35 heavy (non-hydrogen) atoms. The van der Waals surface area contributed by atoms with E-state index in [4.69, 9.17) is 10.5 Å².